The molecule has 1 atom stereocenters. The molecule has 4 rings (SSSR count). The van der Waals surface area contributed by atoms with Gasteiger partial charge >= 0.3 is 0 Å². The number of hydrogen-bond acceptors (Lipinski definition) is 5. The predicted octanol–water partition coefficient (Wildman–Crippen LogP) is 3.09. The summed E-state index contributed by atoms with van der Waals surface area (Å²) in [6.45, 7) is 9.96. The number of halogens is 1. The molecular formula is C22H34ClN3O3S. The number of thiophene rings is 1. The molecule has 0 bridgehead atoms. The molecule has 1 aromatic heterocycles. The molecular weight excluding hydrogens is 422 g/mol. The van der Waals surface area contributed by atoms with Gasteiger partial charge in [0.15, 0.2) is 0 Å². The fraction of sp³-hybridized carbons (Fsp3) is 0.727. The fourth-order valence-electron chi connectivity index (χ4n) is 4.93. The summed E-state index contributed by atoms with van der Waals surface area (Å²) in [6.07, 6.45) is 4.49. The summed E-state index contributed by atoms with van der Waals surface area (Å²) in [6, 6.07) is 2.17. The summed E-state index contributed by atoms with van der Waals surface area (Å²) in [7, 11) is 0. The second-order valence-corrected chi connectivity index (χ2v) is 10.4. The smallest absolute Gasteiger partial charge is 0.261 e. The van der Waals surface area contributed by atoms with E-state index in [9.17, 15) is 9.59 Å². The van der Waals surface area contributed by atoms with E-state index in [-0.39, 0.29) is 41.3 Å². The first-order valence-electron chi connectivity index (χ1n) is 10.9. The fourth-order valence-corrected chi connectivity index (χ4v) is 6.24. The molecule has 3 aliphatic heterocycles. The van der Waals surface area contributed by atoms with E-state index in [4.69, 9.17) is 4.74 Å². The lowest BCUT2D eigenvalue weighted by atomic mass is 9.79. The second kappa shape index (κ2) is 9.15. The van der Waals surface area contributed by atoms with E-state index in [1.165, 1.54) is 10.4 Å². The highest BCUT2D eigenvalue weighted by atomic mass is 35.5. The quantitative estimate of drug-likeness (QED) is 0.734. The van der Waals surface area contributed by atoms with Crippen molar-refractivity contribution in [2.45, 2.75) is 64.5 Å². The molecule has 2 amide bonds. The molecule has 2 saturated heterocycles. The lowest BCUT2D eigenvalue weighted by Crippen LogP contribution is -2.54. The standard InChI is InChI=1S/C22H33N3O3S.ClH/c1-15(2)24-19(26)17-13-16-5-12-28-22(18(16)29-17)7-10-25(11-8-22)20(27)21(3)6-4-9-23-14-21;/h13,15,23H,4-12,14H2,1-3H3,(H,24,26);1H. The molecule has 2 fully saturated rings. The van der Waals surface area contributed by atoms with Crippen LogP contribution in [-0.2, 0) is 21.6 Å². The average molecular weight is 456 g/mol. The molecule has 168 valence electrons. The van der Waals surface area contributed by atoms with E-state index in [1.807, 2.05) is 24.8 Å². The van der Waals surface area contributed by atoms with Gasteiger partial charge in [0.1, 0.15) is 5.60 Å². The van der Waals surface area contributed by atoms with Crippen molar-refractivity contribution in [3.8, 4) is 0 Å². The molecule has 6 nitrogen and oxygen atoms in total. The minimum absolute atomic E-state index is 0. The number of ether oxygens (including phenoxy) is 1. The number of rotatable bonds is 3. The maximum atomic E-state index is 13.2. The molecule has 0 radical (unpaired) electrons. The molecule has 0 saturated carbocycles. The predicted molar refractivity (Wildman–Crippen MR) is 122 cm³/mol. The molecule has 0 aromatic carbocycles. The highest BCUT2D eigenvalue weighted by molar-refractivity contribution is 7.14. The molecule has 2 N–H and O–H groups in total. The van der Waals surface area contributed by atoms with Crippen LogP contribution in [0.15, 0.2) is 6.07 Å². The molecule has 4 heterocycles. The Morgan fingerprint density at radius 1 is 1.27 bits per heavy atom. The summed E-state index contributed by atoms with van der Waals surface area (Å²) < 4.78 is 6.33. The summed E-state index contributed by atoms with van der Waals surface area (Å²) in [5.41, 5.74) is 0.627. The van der Waals surface area contributed by atoms with E-state index >= 15 is 0 Å². The maximum Gasteiger partial charge on any atom is 0.261 e. The van der Waals surface area contributed by atoms with Gasteiger partial charge in [-0.25, -0.2) is 0 Å². The first-order valence-corrected chi connectivity index (χ1v) is 11.7. The number of carbonyl (C=O) groups is 2. The van der Waals surface area contributed by atoms with Crippen molar-refractivity contribution in [2.75, 3.05) is 32.8 Å². The third kappa shape index (κ3) is 4.40. The van der Waals surface area contributed by atoms with Gasteiger partial charge < -0.3 is 20.3 Å². The Kier molecular flexibility index (Phi) is 7.17. The van der Waals surface area contributed by atoms with Gasteiger partial charge in [0.05, 0.1) is 16.9 Å². The third-order valence-corrected chi connectivity index (χ3v) is 7.95. The Morgan fingerprint density at radius 3 is 2.63 bits per heavy atom. The van der Waals surface area contributed by atoms with Crippen molar-refractivity contribution in [3.63, 3.8) is 0 Å². The summed E-state index contributed by atoms with van der Waals surface area (Å²) >= 11 is 1.58. The summed E-state index contributed by atoms with van der Waals surface area (Å²) in [4.78, 5) is 29.7. The van der Waals surface area contributed by atoms with Gasteiger partial charge in [-0.2, -0.15) is 0 Å². The SMILES string of the molecule is CC(C)NC(=O)c1cc2c(s1)C1(CCN(C(=O)C3(C)CCCNC3)CC1)OCC2.Cl. The Morgan fingerprint density at radius 2 is 2.00 bits per heavy atom. The van der Waals surface area contributed by atoms with Crippen LogP contribution in [0.5, 0.6) is 0 Å². The molecule has 8 heteroatoms. The van der Waals surface area contributed by atoms with Crippen molar-refractivity contribution in [1.82, 2.24) is 15.5 Å². The zero-order chi connectivity index (χ0) is 20.6. The minimum atomic E-state index is -0.336. The molecule has 1 spiro atoms. The summed E-state index contributed by atoms with van der Waals surface area (Å²) in [5.74, 6) is 0.277. The van der Waals surface area contributed by atoms with Gasteiger partial charge in [0, 0.05) is 30.6 Å². The molecule has 3 aliphatic rings. The van der Waals surface area contributed by atoms with Gasteiger partial charge in [0.25, 0.3) is 5.91 Å². The van der Waals surface area contributed by atoms with Crippen LogP contribution in [0.2, 0.25) is 0 Å². The highest BCUT2D eigenvalue weighted by Crippen LogP contribution is 2.46. The normalized spacial score (nSPS) is 25.5. The van der Waals surface area contributed by atoms with Crippen LogP contribution in [-0.4, -0.2) is 55.5 Å². The van der Waals surface area contributed by atoms with Crippen LogP contribution in [0.1, 0.15) is 66.6 Å². The molecule has 0 aliphatic carbocycles. The van der Waals surface area contributed by atoms with Crippen LogP contribution in [0.4, 0.5) is 0 Å². The largest absolute Gasteiger partial charge is 0.369 e. The van der Waals surface area contributed by atoms with Crippen LogP contribution in [0.25, 0.3) is 0 Å². The van der Waals surface area contributed by atoms with Gasteiger partial charge in [-0.15, -0.1) is 23.7 Å². The highest BCUT2D eigenvalue weighted by Gasteiger charge is 2.46. The van der Waals surface area contributed by atoms with E-state index in [1.54, 1.807) is 11.3 Å². The Labute approximate surface area is 189 Å². The molecule has 1 aromatic rings. The van der Waals surface area contributed by atoms with Crippen LogP contribution < -0.4 is 10.6 Å². The van der Waals surface area contributed by atoms with Crippen molar-refractivity contribution in [3.05, 3.63) is 21.4 Å². The van der Waals surface area contributed by atoms with Gasteiger partial charge in [-0.3, -0.25) is 9.59 Å². The van der Waals surface area contributed by atoms with Gasteiger partial charge in [-0.05, 0) is 71.0 Å². The first-order chi connectivity index (χ1) is 13.8. The van der Waals surface area contributed by atoms with Crippen LogP contribution in [0.3, 0.4) is 0 Å². The minimum Gasteiger partial charge on any atom is -0.369 e. The van der Waals surface area contributed by atoms with Crippen molar-refractivity contribution < 1.29 is 14.3 Å². The van der Waals surface area contributed by atoms with E-state index < -0.39 is 0 Å². The Hall–Kier alpha value is -1.15. The molecule has 1 unspecified atom stereocenters. The Bertz CT molecular complexity index is 781. The number of nitrogens with one attached hydrogen (secondary N) is 2. The lowest BCUT2D eigenvalue weighted by Gasteiger charge is -2.46. The number of nitrogens with zero attached hydrogens (tertiary/aromatic N) is 1. The van der Waals surface area contributed by atoms with Crippen LogP contribution in [0, 0.1) is 5.41 Å². The maximum absolute atomic E-state index is 13.2. The van der Waals surface area contributed by atoms with Crippen molar-refractivity contribution in [1.29, 1.82) is 0 Å². The van der Waals surface area contributed by atoms with E-state index in [0.29, 0.717) is 6.61 Å². The summed E-state index contributed by atoms with van der Waals surface area (Å²) in [5, 5.41) is 6.38. The monoisotopic (exact) mass is 455 g/mol. The second-order valence-electron chi connectivity index (χ2n) is 9.32. The first kappa shape index (κ1) is 23.5. The van der Waals surface area contributed by atoms with Gasteiger partial charge in [0.2, 0.25) is 5.91 Å². The van der Waals surface area contributed by atoms with Crippen molar-refractivity contribution in [2.24, 2.45) is 5.41 Å². The number of amides is 2. The number of hydrogen-bond donors (Lipinski definition) is 2. The number of likely N-dealkylation sites (tertiary alicyclic amines) is 1. The topological polar surface area (TPSA) is 70.7 Å². The van der Waals surface area contributed by atoms with Crippen LogP contribution >= 0.6 is 23.7 Å². The zero-order valence-corrected chi connectivity index (χ0v) is 19.8. The van der Waals surface area contributed by atoms with E-state index in [2.05, 4.69) is 17.6 Å². The molecule has 30 heavy (non-hydrogen) atoms. The lowest BCUT2D eigenvalue weighted by molar-refractivity contribution is -0.150. The number of piperidine rings is 2. The van der Waals surface area contributed by atoms with Crippen molar-refractivity contribution >= 4 is 35.6 Å². The van der Waals surface area contributed by atoms with E-state index in [0.717, 1.165) is 63.2 Å². The number of fused-ring (bicyclic) bond motifs is 2. The zero-order valence-electron chi connectivity index (χ0n) is 18.2. The number of carbonyl (C=O) groups excluding carboxylic acids is 2. The third-order valence-electron chi connectivity index (χ3n) is 6.59. The Balaban J connectivity index is 0.00000256. The average Bonchev–Trinajstić information content (AvgIpc) is 3.14. The van der Waals surface area contributed by atoms with Gasteiger partial charge in [-0.1, -0.05) is 0 Å².